The Morgan fingerprint density at radius 3 is 2.62 bits per heavy atom. The first-order valence-electron chi connectivity index (χ1n) is 7.52. The summed E-state index contributed by atoms with van der Waals surface area (Å²) in [5, 5.41) is 12.2. The van der Waals surface area contributed by atoms with Crippen LogP contribution in [-0.4, -0.2) is 25.4 Å². The highest BCUT2D eigenvalue weighted by atomic mass is 35.5. The van der Waals surface area contributed by atoms with Crippen molar-refractivity contribution in [3.8, 4) is 0 Å². The lowest BCUT2D eigenvalue weighted by atomic mass is 10.1. The quantitative estimate of drug-likeness (QED) is 0.648. The standard InChI is InChI=1S/C17H14Cl2N2O4S/c18-12-5-3-7-15(16(12)19)26(24,25)21-14(17(22)23)8-10-9-20-13-6-2-1-4-11(10)13/h1-7,9,14,20-21H,8H2,(H,22,23)/p-1/t14-/m1/s1. The summed E-state index contributed by atoms with van der Waals surface area (Å²) in [7, 11) is -4.21. The summed E-state index contributed by atoms with van der Waals surface area (Å²) in [6.45, 7) is 0. The Morgan fingerprint density at radius 1 is 1.15 bits per heavy atom. The summed E-state index contributed by atoms with van der Waals surface area (Å²) in [6, 6.07) is 9.91. The van der Waals surface area contributed by atoms with Crippen LogP contribution in [0.3, 0.4) is 0 Å². The number of aromatic amines is 1. The average Bonchev–Trinajstić information content (AvgIpc) is 2.99. The molecule has 3 rings (SSSR count). The van der Waals surface area contributed by atoms with Crippen LogP contribution in [0.5, 0.6) is 0 Å². The summed E-state index contributed by atoms with van der Waals surface area (Å²) >= 11 is 11.8. The van der Waals surface area contributed by atoms with Gasteiger partial charge in [-0.15, -0.1) is 0 Å². The zero-order valence-electron chi connectivity index (χ0n) is 13.2. The number of rotatable bonds is 6. The summed E-state index contributed by atoms with van der Waals surface area (Å²) in [5.74, 6) is -1.54. The largest absolute Gasteiger partial charge is 0.548 e. The molecule has 136 valence electrons. The lowest BCUT2D eigenvalue weighted by Gasteiger charge is -2.20. The van der Waals surface area contributed by atoms with Crippen molar-refractivity contribution in [2.45, 2.75) is 17.4 Å². The fourth-order valence-corrected chi connectivity index (χ4v) is 4.58. The molecule has 9 heteroatoms. The monoisotopic (exact) mass is 411 g/mol. The topological polar surface area (TPSA) is 102 Å². The second kappa shape index (κ2) is 7.28. The van der Waals surface area contributed by atoms with Crippen molar-refractivity contribution in [3.05, 3.63) is 64.3 Å². The van der Waals surface area contributed by atoms with E-state index in [2.05, 4.69) is 9.71 Å². The Kier molecular flexibility index (Phi) is 5.24. The van der Waals surface area contributed by atoms with Crippen molar-refractivity contribution < 1.29 is 18.3 Å². The van der Waals surface area contributed by atoms with Crippen LogP contribution in [0, 0.1) is 0 Å². The first-order chi connectivity index (χ1) is 12.3. The molecule has 0 spiro atoms. The maximum absolute atomic E-state index is 12.6. The maximum atomic E-state index is 12.6. The molecule has 0 saturated heterocycles. The van der Waals surface area contributed by atoms with E-state index in [9.17, 15) is 18.3 Å². The molecule has 2 N–H and O–H groups in total. The molecular weight excluding hydrogens is 399 g/mol. The number of fused-ring (bicyclic) bond motifs is 1. The normalized spacial score (nSPS) is 13.0. The Morgan fingerprint density at radius 2 is 1.88 bits per heavy atom. The number of nitrogens with one attached hydrogen (secondary N) is 2. The Hall–Kier alpha value is -2.06. The molecule has 0 radical (unpaired) electrons. The van der Waals surface area contributed by atoms with Crippen molar-refractivity contribution in [2.24, 2.45) is 0 Å². The van der Waals surface area contributed by atoms with Gasteiger partial charge in [0, 0.05) is 17.1 Å². The summed E-state index contributed by atoms with van der Waals surface area (Å²) in [4.78, 5) is 14.2. The molecule has 1 atom stereocenters. The second-order valence-corrected chi connectivity index (χ2v) is 8.08. The highest BCUT2D eigenvalue weighted by molar-refractivity contribution is 7.89. The highest BCUT2D eigenvalue weighted by Crippen LogP contribution is 2.29. The Bertz CT molecular complexity index is 1080. The molecule has 1 heterocycles. The predicted molar refractivity (Wildman–Crippen MR) is 97.6 cm³/mol. The van der Waals surface area contributed by atoms with Crippen LogP contribution in [0.4, 0.5) is 0 Å². The molecule has 6 nitrogen and oxygen atoms in total. The third-order valence-electron chi connectivity index (χ3n) is 3.89. The number of carboxylic acid groups (broad SMARTS) is 1. The van der Waals surface area contributed by atoms with Crippen molar-refractivity contribution in [2.75, 3.05) is 0 Å². The van der Waals surface area contributed by atoms with Gasteiger partial charge in [-0.1, -0.05) is 47.5 Å². The van der Waals surface area contributed by atoms with Gasteiger partial charge in [0.15, 0.2) is 0 Å². The molecule has 0 unspecified atom stereocenters. The molecule has 0 aliphatic heterocycles. The van der Waals surface area contributed by atoms with Crippen molar-refractivity contribution in [1.82, 2.24) is 9.71 Å². The van der Waals surface area contributed by atoms with E-state index >= 15 is 0 Å². The van der Waals surface area contributed by atoms with Crippen LogP contribution >= 0.6 is 23.2 Å². The van der Waals surface area contributed by atoms with E-state index in [1.165, 1.54) is 18.2 Å². The van der Waals surface area contributed by atoms with Crippen LogP contribution < -0.4 is 9.83 Å². The van der Waals surface area contributed by atoms with Gasteiger partial charge in [0.1, 0.15) is 4.90 Å². The Labute approximate surface area is 159 Å². The van der Waals surface area contributed by atoms with E-state index in [0.717, 1.165) is 10.9 Å². The molecule has 0 saturated carbocycles. The number of aliphatic carboxylic acids is 1. The number of carbonyl (C=O) groups is 1. The minimum absolute atomic E-state index is 0.0520. The molecule has 0 aliphatic rings. The number of para-hydroxylation sites is 1. The fourth-order valence-electron chi connectivity index (χ4n) is 2.64. The number of H-pyrrole nitrogens is 1. The number of halogens is 2. The lowest BCUT2D eigenvalue weighted by molar-refractivity contribution is -0.307. The number of carbonyl (C=O) groups excluding carboxylic acids is 1. The van der Waals surface area contributed by atoms with Gasteiger partial charge >= 0.3 is 0 Å². The van der Waals surface area contributed by atoms with Gasteiger partial charge in [0.05, 0.1) is 22.1 Å². The number of hydrogen-bond acceptors (Lipinski definition) is 4. The first kappa shape index (κ1) is 18.7. The Balaban J connectivity index is 1.91. The van der Waals surface area contributed by atoms with Gasteiger partial charge in [-0.3, -0.25) is 0 Å². The highest BCUT2D eigenvalue weighted by Gasteiger charge is 2.25. The molecule has 1 aromatic heterocycles. The van der Waals surface area contributed by atoms with Crippen LogP contribution in [0.2, 0.25) is 10.0 Å². The van der Waals surface area contributed by atoms with E-state index in [4.69, 9.17) is 23.2 Å². The lowest BCUT2D eigenvalue weighted by Crippen LogP contribution is -2.49. The zero-order chi connectivity index (χ0) is 18.9. The number of carboxylic acids is 1. The van der Waals surface area contributed by atoms with Gasteiger partial charge in [0.25, 0.3) is 0 Å². The van der Waals surface area contributed by atoms with Crippen molar-refractivity contribution >= 4 is 50.1 Å². The average molecular weight is 412 g/mol. The summed E-state index contributed by atoms with van der Waals surface area (Å²) < 4.78 is 27.3. The predicted octanol–water partition coefficient (Wildman–Crippen LogP) is 2.11. The molecule has 0 bridgehead atoms. The van der Waals surface area contributed by atoms with Crippen LogP contribution in [0.25, 0.3) is 10.9 Å². The molecular formula is C17H13Cl2N2O4S-. The van der Waals surface area contributed by atoms with Crippen molar-refractivity contribution in [3.63, 3.8) is 0 Å². The van der Waals surface area contributed by atoms with Gasteiger partial charge in [0.2, 0.25) is 10.0 Å². The SMILES string of the molecule is O=C([O-])[C@@H](Cc1c[nH]c2ccccc12)NS(=O)(=O)c1cccc(Cl)c1Cl. The molecule has 0 amide bonds. The minimum Gasteiger partial charge on any atom is -0.548 e. The van der Waals surface area contributed by atoms with Crippen molar-refractivity contribution in [1.29, 1.82) is 0 Å². The number of sulfonamides is 1. The minimum atomic E-state index is -4.21. The smallest absolute Gasteiger partial charge is 0.242 e. The maximum Gasteiger partial charge on any atom is 0.242 e. The fraction of sp³-hybridized carbons (Fsp3) is 0.118. The van der Waals surface area contributed by atoms with Crippen LogP contribution in [-0.2, 0) is 21.2 Å². The van der Waals surface area contributed by atoms with Crippen LogP contribution in [0.15, 0.2) is 53.6 Å². The van der Waals surface area contributed by atoms with Gasteiger partial charge < -0.3 is 14.9 Å². The van der Waals surface area contributed by atoms with Crippen LogP contribution in [0.1, 0.15) is 5.56 Å². The summed E-state index contributed by atoms with van der Waals surface area (Å²) in [5.41, 5.74) is 1.47. The van der Waals surface area contributed by atoms with E-state index in [1.807, 2.05) is 24.3 Å². The van der Waals surface area contributed by atoms with Gasteiger partial charge in [-0.05, 0) is 30.2 Å². The second-order valence-electron chi connectivity index (χ2n) is 5.61. The molecule has 0 aliphatic carbocycles. The zero-order valence-corrected chi connectivity index (χ0v) is 15.5. The van der Waals surface area contributed by atoms with E-state index in [1.54, 1.807) is 6.20 Å². The summed E-state index contributed by atoms with van der Waals surface area (Å²) in [6.07, 6.45) is 1.55. The molecule has 26 heavy (non-hydrogen) atoms. The van der Waals surface area contributed by atoms with E-state index < -0.39 is 22.0 Å². The molecule has 2 aromatic carbocycles. The van der Waals surface area contributed by atoms with Gasteiger partial charge in [-0.25, -0.2) is 13.1 Å². The number of benzene rings is 2. The first-order valence-corrected chi connectivity index (χ1v) is 9.75. The van der Waals surface area contributed by atoms with Gasteiger partial charge in [-0.2, -0.15) is 0 Å². The molecule has 0 fully saturated rings. The third kappa shape index (κ3) is 3.71. The van der Waals surface area contributed by atoms with E-state index in [0.29, 0.717) is 5.56 Å². The molecule has 3 aromatic rings. The van der Waals surface area contributed by atoms with E-state index in [-0.39, 0.29) is 21.4 Å². The number of aromatic nitrogens is 1. The third-order valence-corrected chi connectivity index (χ3v) is 6.33. The number of hydrogen-bond donors (Lipinski definition) is 2.